The van der Waals surface area contributed by atoms with Gasteiger partial charge in [-0.1, -0.05) is 51.4 Å². The number of nitrogens with zero attached hydrogens (tertiary/aromatic N) is 5. The molecule has 6 rings (SSSR count). The molecule has 2 aromatic heterocycles. The molecule has 5 nitrogen and oxygen atoms in total. The molecule has 1 aromatic carbocycles. The van der Waals surface area contributed by atoms with Crippen molar-refractivity contribution in [3.05, 3.63) is 76.7 Å². The van der Waals surface area contributed by atoms with Gasteiger partial charge in [-0.3, -0.25) is 4.98 Å². The molecule has 0 radical (unpaired) electrons. The molecule has 1 fully saturated rings. The van der Waals surface area contributed by atoms with Gasteiger partial charge >= 0.3 is 0 Å². The van der Waals surface area contributed by atoms with Crippen molar-refractivity contribution in [1.29, 1.82) is 0 Å². The van der Waals surface area contributed by atoms with Crippen LogP contribution in [-0.2, 0) is 5.41 Å². The van der Waals surface area contributed by atoms with E-state index in [-0.39, 0.29) is 28.0 Å². The van der Waals surface area contributed by atoms with Crippen LogP contribution in [0, 0.1) is 22.5 Å². The lowest BCUT2D eigenvalue weighted by Gasteiger charge is -2.37. The van der Waals surface area contributed by atoms with Gasteiger partial charge in [0, 0.05) is 5.41 Å². The standard InChI is InChI=1S/C30H32F2N5/c1-28(2,3)17-37-15-13-23(36-37)22-10-7-11-25(33-22)30-14-12-19(29(30,4)5)18-16-24(34-35-27(18)30)26-20(31)8-6-9-21(26)32/h6-11,15-16,19H,12-14,17H2,1-5H3/q+1/t19-,30-/m0/s1. The van der Waals surface area contributed by atoms with Gasteiger partial charge in [-0.2, -0.15) is 5.10 Å². The third-order valence-electron chi connectivity index (χ3n) is 8.46. The Labute approximate surface area is 216 Å². The Hall–Kier alpha value is -3.35. The van der Waals surface area contributed by atoms with Crippen LogP contribution in [0.25, 0.3) is 11.3 Å². The molecule has 2 aliphatic carbocycles. The largest absolute Gasteiger partial charge is 0.250 e. The molecule has 3 heterocycles. The zero-order valence-electron chi connectivity index (χ0n) is 22.0. The van der Waals surface area contributed by atoms with Crippen molar-refractivity contribution >= 4 is 11.9 Å². The van der Waals surface area contributed by atoms with Crippen molar-refractivity contribution < 1.29 is 13.5 Å². The maximum Gasteiger partial charge on any atom is 0.179 e. The predicted octanol–water partition coefficient (Wildman–Crippen LogP) is 6.26. The van der Waals surface area contributed by atoms with Crippen LogP contribution in [0.15, 0.2) is 47.6 Å². The first kappa shape index (κ1) is 24.0. The minimum Gasteiger partial charge on any atom is -0.250 e. The number of hydrazone groups is 1. The Morgan fingerprint density at radius 3 is 2.46 bits per heavy atom. The maximum atomic E-state index is 14.5. The lowest BCUT2D eigenvalue weighted by molar-refractivity contribution is -0.539. The lowest BCUT2D eigenvalue weighted by atomic mass is 9.66. The van der Waals surface area contributed by atoms with Crippen LogP contribution in [0.5, 0.6) is 0 Å². The van der Waals surface area contributed by atoms with Crippen LogP contribution in [-0.4, -0.2) is 38.3 Å². The van der Waals surface area contributed by atoms with E-state index in [1.807, 2.05) is 16.8 Å². The second-order valence-corrected chi connectivity index (χ2v) is 12.3. The Bertz CT molecular complexity index is 1460. The molecular weight excluding hydrogens is 468 g/mol. The highest BCUT2D eigenvalue weighted by Gasteiger charge is 2.65. The summed E-state index contributed by atoms with van der Waals surface area (Å²) in [5.41, 5.74) is 4.38. The third-order valence-corrected chi connectivity index (χ3v) is 8.46. The van der Waals surface area contributed by atoms with E-state index >= 15 is 0 Å². The monoisotopic (exact) mass is 500 g/mol. The normalized spacial score (nSPS) is 23.7. The summed E-state index contributed by atoms with van der Waals surface area (Å²) in [6.07, 6.45) is 4.75. The molecule has 1 saturated carbocycles. The van der Waals surface area contributed by atoms with E-state index in [1.165, 1.54) is 18.2 Å². The van der Waals surface area contributed by atoms with E-state index in [4.69, 9.17) is 10.1 Å². The van der Waals surface area contributed by atoms with Gasteiger partial charge in [-0.25, -0.2) is 8.78 Å². The van der Waals surface area contributed by atoms with Crippen LogP contribution in [0.4, 0.5) is 8.78 Å². The highest BCUT2D eigenvalue weighted by atomic mass is 19.1. The molecule has 190 valence electrons. The molecule has 7 heteroatoms. The van der Waals surface area contributed by atoms with Gasteiger partial charge < -0.3 is 0 Å². The first-order valence-corrected chi connectivity index (χ1v) is 13.0. The summed E-state index contributed by atoms with van der Waals surface area (Å²) in [5, 5.41) is 13.8. The number of aromatic nitrogens is 3. The minimum absolute atomic E-state index is 0.122. The van der Waals surface area contributed by atoms with Crippen LogP contribution < -0.4 is 0 Å². The summed E-state index contributed by atoms with van der Waals surface area (Å²) >= 11 is 0. The van der Waals surface area contributed by atoms with E-state index in [0.717, 1.165) is 54.2 Å². The van der Waals surface area contributed by atoms with Crippen LogP contribution >= 0.6 is 0 Å². The molecular formula is C30H32F2N5+. The van der Waals surface area contributed by atoms with E-state index < -0.39 is 17.0 Å². The summed E-state index contributed by atoms with van der Waals surface area (Å²) in [6, 6.07) is 11.9. The van der Waals surface area contributed by atoms with Crippen molar-refractivity contribution in [3.8, 4) is 11.3 Å². The van der Waals surface area contributed by atoms with Crippen molar-refractivity contribution in [1.82, 2.24) is 15.2 Å². The minimum atomic E-state index is -0.629. The fourth-order valence-corrected chi connectivity index (χ4v) is 6.76. The Balaban J connectivity index is 1.42. The number of rotatable bonds is 4. The van der Waals surface area contributed by atoms with Gasteiger partial charge in [0.05, 0.1) is 40.2 Å². The average Bonchev–Trinajstić information content (AvgIpc) is 3.45. The van der Waals surface area contributed by atoms with E-state index in [1.54, 1.807) is 0 Å². The van der Waals surface area contributed by atoms with E-state index in [0.29, 0.717) is 0 Å². The Kier molecular flexibility index (Phi) is 5.24. The highest BCUT2D eigenvalue weighted by Crippen LogP contribution is 2.69. The summed E-state index contributed by atoms with van der Waals surface area (Å²) in [6.45, 7) is 12.0. The second-order valence-electron chi connectivity index (χ2n) is 12.3. The lowest BCUT2D eigenvalue weighted by Crippen LogP contribution is -2.38. The molecule has 0 amide bonds. The molecule has 3 aliphatic rings. The third kappa shape index (κ3) is 3.57. The number of benzene rings is 1. The van der Waals surface area contributed by atoms with Gasteiger partial charge in [0.1, 0.15) is 17.3 Å². The summed E-state index contributed by atoms with van der Waals surface area (Å²) in [5.74, 6) is -1.05. The van der Waals surface area contributed by atoms with Crippen LogP contribution in [0.3, 0.4) is 0 Å². The molecule has 3 aromatic rings. The quantitative estimate of drug-likeness (QED) is 0.398. The number of halogens is 2. The number of pyridine rings is 1. The average molecular weight is 501 g/mol. The zero-order valence-corrected chi connectivity index (χ0v) is 22.0. The molecule has 1 aliphatic heterocycles. The van der Waals surface area contributed by atoms with Crippen molar-refractivity contribution in [2.24, 2.45) is 15.9 Å². The molecule has 2 bridgehead atoms. The predicted molar refractivity (Wildman–Crippen MR) is 140 cm³/mol. The maximum absolute atomic E-state index is 14.5. The van der Waals surface area contributed by atoms with Crippen molar-refractivity contribution in [2.75, 3.05) is 6.54 Å². The van der Waals surface area contributed by atoms with Crippen LogP contribution in [0.2, 0.25) is 0 Å². The van der Waals surface area contributed by atoms with Gasteiger partial charge in [-0.15, -0.1) is 5.10 Å². The highest BCUT2D eigenvalue weighted by molar-refractivity contribution is 6.06. The van der Waals surface area contributed by atoms with Gasteiger partial charge in [0.15, 0.2) is 12.8 Å². The smallest absolute Gasteiger partial charge is 0.179 e. The summed E-state index contributed by atoms with van der Waals surface area (Å²) in [4.78, 5) is 5.18. The molecule has 0 unspecified atom stereocenters. The topological polar surface area (TPSA) is 54.0 Å². The fourth-order valence-electron chi connectivity index (χ4n) is 6.76. The Morgan fingerprint density at radius 1 is 1.00 bits per heavy atom. The molecule has 2 atom stereocenters. The second kappa shape index (κ2) is 8.07. The summed E-state index contributed by atoms with van der Waals surface area (Å²) in [7, 11) is 0. The number of hydrogen-bond acceptors (Lipinski definition) is 4. The molecule has 37 heavy (non-hydrogen) atoms. The first-order chi connectivity index (χ1) is 17.5. The SMILES string of the molecule is CC(C)(C)C[N+]1=CCC(c2cccc([C@@]34CC[C@@H](c5cc(-c6c(F)cccc6F)nnc53)C4(C)C)n2)=N1. The molecule has 0 saturated heterocycles. The fraction of sp³-hybridized carbons (Fsp3) is 0.433. The van der Waals surface area contributed by atoms with Crippen LogP contribution in [0.1, 0.15) is 82.4 Å². The number of hydrogen-bond donors (Lipinski definition) is 0. The van der Waals surface area contributed by atoms with Gasteiger partial charge in [-0.05, 0) is 65.2 Å². The molecule has 0 spiro atoms. The summed E-state index contributed by atoms with van der Waals surface area (Å²) < 4.78 is 31.1. The van der Waals surface area contributed by atoms with E-state index in [2.05, 4.69) is 63.2 Å². The zero-order chi connectivity index (χ0) is 26.2. The Morgan fingerprint density at radius 2 is 1.73 bits per heavy atom. The van der Waals surface area contributed by atoms with Crippen molar-refractivity contribution in [3.63, 3.8) is 0 Å². The first-order valence-electron chi connectivity index (χ1n) is 13.0. The molecule has 0 N–H and O–H groups in total. The number of fused-ring (bicyclic) bond motifs is 5. The van der Waals surface area contributed by atoms with Crippen molar-refractivity contribution in [2.45, 2.75) is 65.2 Å². The van der Waals surface area contributed by atoms with Gasteiger partial charge in [0.25, 0.3) is 0 Å². The van der Waals surface area contributed by atoms with Gasteiger partial charge in [0.2, 0.25) is 0 Å². The van der Waals surface area contributed by atoms with E-state index in [9.17, 15) is 8.78 Å².